The van der Waals surface area contributed by atoms with E-state index < -0.39 is 5.97 Å². The van der Waals surface area contributed by atoms with Crippen molar-refractivity contribution in [3.05, 3.63) is 64.7 Å². The molecule has 0 spiro atoms. The fourth-order valence-corrected chi connectivity index (χ4v) is 3.05. The van der Waals surface area contributed by atoms with Gasteiger partial charge in [-0.2, -0.15) is 0 Å². The van der Waals surface area contributed by atoms with E-state index >= 15 is 0 Å². The molecule has 0 bridgehead atoms. The first kappa shape index (κ1) is 15.5. The van der Waals surface area contributed by atoms with Gasteiger partial charge in [0, 0.05) is 10.9 Å². The zero-order valence-corrected chi connectivity index (χ0v) is 14.0. The minimum absolute atomic E-state index is 0.0172. The van der Waals surface area contributed by atoms with Gasteiger partial charge in [0.05, 0.1) is 12.1 Å². The summed E-state index contributed by atoms with van der Waals surface area (Å²) in [6.07, 6.45) is 0. The average molecular weight is 353 g/mol. The van der Waals surface area contributed by atoms with Gasteiger partial charge in [-0.1, -0.05) is 29.8 Å². The van der Waals surface area contributed by atoms with Crippen LogP contribution >= 0.6 is 11.6 Å². The Hall–Kier alpha value is -2.99. The highest BCUT2D eigenvalue weighted by atomic mass is 35.5. The van der Waals surface area contributed by atoms with Gasteiger partial charge < -0.3 is 9.67 Å². The van der Waals surface area contributed by atoms with Crippen molar-refractivity contribution in [2.24, 2.45) is 0 Å². The molecule has 7 heteroatoms. The number of hydrogen-bond acceptors (Lipinski definition) is 4. The molecule has 0 saturated heterocycles. The zero-order valence-electron chi connectivity index (χ0n) is 13.3. The lowest BCUT2D eigenvalue weighted by Gasteiger charge is -2.09. The van der Waals surface area contributed by atoms with Gasteiger partial charge in [0.2, 0.25) is 0 Å². The number of aryl methyl sites for hydroxylation is 1. The van der Waals surface area contributed by atoms with Crippen LogP contribution in [-0.4, -0.2) is 30.6 Å². The Morgan fingerprint density at radius 3 is 2.72 bits per heavy atom. The summed E-state index contributed by atoms with van der Waals surface area (Å²) >= 11 is 6.35. The van der Waals surface area contributed by atoms with Crippen molar-refractivity contribution >= 4 is 39.6 Å². The molecule has 3 heterocycles. The van der Waals surface area contributed by atoms with E-state index in [1.807, 2.05) is 41.8 Å². The Morgan fingerprint density at radius 1 is 1.12 bits per heavy atom. The molecule has 0 aliphatic heterocycles. The molecule has 0 radical (unpaired) electrons. The first-order valence-corrected chi connectivity index (χ1v) is 8.02. The van der Waals surface area contributed by atoms with E-state index in [2.05, 4.69) is 15.0 Å². The molecule has 0 saturated carbocycles. The highest BCUT2D eigenvalue weighted by molar-refractivity contribution is 6.30. The second kappa shape index (κ2) is 5.82. The van der Waals surface area contributed by atoms with Crippen LogP contribution in [-0.2, 0) is 6.54 Å². The maximum Gasteiger partial charge on any atom is 0.354 e. The lowest BCUT2D eigenvalue weighted by molar-refractivity contribution is 0.0691. The summed E-state index contributed by atoms with van der Waals surface area (Å²) in [5, 5.41) is 10.6. The standard InChI is InChI=1S/C18H13ClN4O2/c1-10-20-14-6-7-15(18(24)25)22-17(14)23(10)9-12-8-11-4-2-3-5-13(11)21-16(12)19/h2-8H,9H2,1H3,(H,24,25). The van der Waals surface area contributed by atoms with Crippen LogP contribution in [0.4, 0.5) is 0 Å². The van der Waals surface area contributed by atoms with E-state index in [0.29, 0.717) is 22.9 Å². The molecule has 4 aromatic rings. The number of para-hydroxylation sites is 1. The summed E-state index contributed by atoms with van der Waals surface area (Å²) in [4.78, 5) is 24.3. The molecule has 6 nitrogen and oxygen atoms in total. The molecule has 0 aliphatic rings. The minimum Gasteiger partial charge on any atom is -0.477 e. The maximum atomic E-state index is 11.2. The summed E-state index contributed by atoms with van der Waals surface area (Å²) in [7, 11) is 0. The number of aromatic nitrogens is 4. The Kier molecular flexibility index (Phi) is 3.62. The quantitative estimate of drug-likeness (QED) is 0.569. The van der Waals surface area contributed by atoms with Crippen molar-refractivity contribution in [1.82, 2.24) is 19.5 Å². The van der Waals surface area contributed by atoms with E-state index in [4.69, 9.17) is 11.6 Å². The topological polar surface area (TPSA) is 80.9 Å². The maximum absolute atomic E-state index is 11.2. The van der Waals surface area contributed by atoms with E-state index in [1.165, 1.54) is 6.07 Å². The predicted octanol–water partition coefficient (Wildman–Crippen LogP) is 3.69. The molecule has 0 aliphatic carbocycles. The molecule has 0 amide bonds. The summed E-state index contributed by atoms with van der Waals surface area (Å²) < 4.78 is 1.85. The molecule has 124 valence electrons. The SMILES string of the molecule is Cc1nc2ccc(C(=O)O)nc2n1Cc1cc2ccccc2nc1Cl. The number of fused-ring (bicyclic) bond motifs is 2. The van der Waals surface area contributed by atoms with Crippen molar-refractivity contribution in [2.75, 3.05) is 0 Å². The van der Waals surface area contributed by atoms with Gasteiger partial charge in [-0.3, -0.25) is 0 Å². The van der Waals surface area contributed by atoms with Crippen molar-refractivity contribution in [3.63, 3.8) is 0 Å². The van der Waals surface area contributed by atoms with Crippen molar-refractivity contribution in [3.8, 4) is 0 Å². The van der Waals surface area contributed by atoms with Crippen molar-refractivity contribution in [1.29, 1.82) is 0 Å². The Morgan fingerprint density at radius 2 is 1.92 bits per heavy atom. The Labute approximate surface area is 147 Å². The van der Waals surface area contributed by atoms with Crippen LogP contribution < -0.4 is 0 Å². The predicted molar refractivity (Wildman–Crippen MR) is 95.1 cm³/mol. The number of carboxylic acids is 1. The van der Waals surface area contributed by atoms with Crippen LogP contribution in [0.3, 0.4) is 0 Å². The molecule has 0 atom stereocenters. The van der Waals surface area contributed by atoms with E-state index in [0.717, 1.165) is 22.3 Å². The van der Waals surface area contributed by atoms with Crippen molar-refractivity contribution < 1.29 is 9.90 Å². The Balaban J connectivity index is 1.85. The minimum atomic E-state index is -1.07. The Bertz CT molecular complexity index is 1140. The van der Waals surface area contributed by atoms with Gasteiger partial charge in [0.25, 0.3) is 0 Å². The molecule has 0 unspecified atom stereocenters. The van der Waals surface area contributed by atoms with E-state index in [9.17, 15) is 9.90 Å². The van der Waals surface area contributed by atoms with Gasteiger partial charge in [-0.05, 0) is 31.2 Å². The fourth-order valence-electron chi connectivity index (χ4n) is 2.84. The highest BCUT2D eigenvalue weighted by Gasteiger charge is 2.14. The average Bonchev–Trinajstić information content (AvgIpc) is 2.90. The number of imidazole rings is 1. The van der Waals surface area contributed by atoms with Crippen LogP contribution in [0.5, 0.6) is 0 Å². The number of rotatable bonds is 3. The molecule has 1 N–H and O–H groups in total. The van der Waals surface area contributed by atoms with Gasteiger partial charge >= 0.3 is 5.97 Å². The molecule has 0 fully saturated rings. The first-order chi connectivity index (χ1) is 12.0. The van der Waals surface area contributed by atoms with Gasteiger partial charge in [0.15, 0.2) is 11.3 Å². The van der Waals surface area contributed by atoms with Crippen LogP contribution in [0.1, 0.15) is 21.9 Å². The van der Waals surface area contributed by atoms with Crippen molar-refractivity contribution in [2.45, 2.75) is 13.5 Å². The fraction of sp³-hybridized carbons (Fsp3) is 0.111. The molecule has 3 aromatic heterocycles. The van der Waals surface area contributed by atoms with Crippen LogP contribution in [0.15, 0.2) is 42.5 Å². The summed E-state index contributed by atoms with van der Waals surface area (Å²) in [5.74, 6) is -0.341. The smallest absolute Gasteiger partial charge is 0.354 e. The van der Waals surface area contributed by atoms with Gasteiger partial charge in [0.1, 0.15) is 16.5 Å². The largest absolute Gasteiger partial charge is 0.477 e. The normalized spacial score (nSPS) is 11.3. The number of hydrogen-bond donors (Lipinski definition) is 1. The number of benzene rings is 1. The van der Waals surface area contributed by atoms with Crippen LogP contribution in [0.2, 0.25) is 5.15 Å². The lowest BCUT2D eigenvalue weighted by atomic mass is 10.1. The van der Waals surface area contributed by atoms with E-state index in [1.54, 1.807) is 6.07 Å². The third kappa shape index (κ3) is 2.70. The molecule has 25 heavy (non-hydrogen) atoms. The lowest BCUT2D eigenvalue weighted by Crippen LogP contribution is -2.06. The second-order valence-corrected chi connectivity index (χ2v) is 6.08. The monoisotopic (exact) mass is 352 g/mol. The summed E-state index contributed by atoms with van der Waals surface area (Å²) in [6.45, 7) is 2.26. The molecular weight excluding hydrogens is 340 g/mol. The summed E-state index contributed by atoms with van der Waals surface area (Å²) in [6, 6.07) is 12.8. The number of halogens is 1. The zero-order chi connectivity index (χ0) is 17.6. The van der Waals surface area contributed by atoms with E-state index in [-0.39, 0.29) is 5.69 Å². The third-order valence-electron chi connectivity index (χ3n) is 4.08. The number of nitrogens with zero attached hydrogens (tertiary/aromatic N) is 4. The second-order valence-electron chi connectivity index (χ2n) is 5.72. The molecular formula is C18H13ClN4O2. The number of pyridine rings is 2. The molecule has 1 aromatic carbocycles. The third-order valence-corrected chi connectivity index (χ3v) is 4.41. The summed E-state index contributed by atoms with van der Waals surface area (Å²) in [5.41, 5.74) is 2.80. The highest BCUT2D eigenvalue weighted by Crippen LogP contribution is 2.23. The number of carbonyl (C=O) groups is 1. The number of carboxylic acid groups (broad SMARTS) is 1. The van der Waals surface area contributed by atoms with Gasteiger partial charge in [-0.15, -0.1) is 0 Å². The first-order valence-electron chi connectivity index (χ1n) is 7.64. The van der Waals surface area contributed by atoms with Gasteiger partial charge in [-0.25, -0.2) is 19.7 Å². The number of aromatic carboxylic acids is 1. The van der Waals surface area contributed by atoms with Crippen LogP contribution in [0.25, 0.3) is 22.1 Å². The van der Waals surface area contributed by atoms with Crippen LogP contribution in [0, 0.1) is 6.92 Å². The molecule has 4 rings (SSSR count).